The molecule has 2 aliphatic carbocycles. The Morgan fingerprint density at radius 3 is 2.19 bits per heavy atom. The van der Waals surface area contributed by atoms with Crippen LogP contribution in [0.25, 0.3) is 0 Å². The van der Waals surface area contributed by atoms with Crippen molar-refractivity contribution >= 4 is 0 Å². The zero-order valence-electron chi connectivity index (χ0n) is 14.7. The van der Waals surface area contributed by atoms with Gasteiger partial charge in [0.05, 0.1) is 11.2 Å². The second-order valence-corrected chi connectivity index (χ2v) is 8.95. The highest BCUT2D eigenvalue weighted by Crippen LogP contribution is 2.60. The molecule has 4 atom stereocenters. The maximum atomic E-state index is 6.40. The maximum Gasteiger partial charge on any atom is 0.0677 e. The highest BCUT2D eigenvalue weighted by Gasteiger charge is 2.59. The first-order valence-electron chi connectivity index (χ1n) is 9.29. The molecule has 3 rings (SSSR count). The molecule has 2 saturated carbocycles. The van der Waals surface area contributed by atoms with Crippen molar-refractivity contribution in [2.45, 2.75) is 90.4 Å². The summed E-state index contributed by atoms with van der Waals surface area (Å²) in [5.74, 6) is 3.63. The molecule has 0 aromatic carbocycles. The summed E-state index contributed by atoms with van der Waals surface area (Å²) in [4.78, 5) is 0. The lowest BCUT2D eigenvalue weighted by Gasteiger charge is -2.34. The molecule has 3 aliphatic rings. The Morgan fingerprint density at radius 1 is 1.10 bits per heavy atom. The van der Waals surface area contributed by atoms with E-state index >= 15 is 0 Å². The van der Waals surface area contributed by atoms with E-state index < -0.39 is 0 Å². The van der Waals surface area contributed by atoms with Gasteiger partial charge < -0.3 is 10.1 Å². The Labute approximate surface area is 131 Å². The number of rotatable bonds is 5. The summed E-state index contributed by atoms with van der Waals surface area (Å²) in [6, 6.07) is 0.676. The third-order valence-corrected chi connectivity index (χ3v) is 6.34. The first kappa shape index (κ1) is 15.8. The highest BCUT2D eigenvalue weighted by molar-refractivity contribution is 5.10. The lowest BCUT2D eigenvalue weighted by Crippen LogP contribution is -2.46. The van der Waals surface area contributed by atoms with Gasteiger partial charge in [0.1, 0.15) is 0 Å². The van der Waals surface area contributed by atoms with Crippen LogP contribution in [0.4, 0.5) is 0 Å². The summed E-state index contributed by atoms with van der Waals surface area (Å²) in [5.41, 5.74) is 0.0566. The Bertz CT molecular complexity index is 364. The quantitative estimate of drug-likeness (QED) is 0.812. The normalized spacial score (nSPS) is 41.6. The minimum atomic E-state index is 0.0145. The second-order valence-electron chi connectivity index (χ2n) is 8.95. The zero-order valence-corrected chi connectivity index (χ0v) is 14.7. The van der Waals surface area contributed by atoms with Gasteiger partial charge in [0, 0.05) is 12.0 Å². The average molecular weight is 293 g/mol. The van der Waals surface area contributed by atoms with Gasteiger partial charge in [0.2, 0.25) is 0 Å². The summed E-state index contributed by atoms with van der Waals surface area (Å²) in [5, 5.41) is 3.94. The molecule has 1 heterocycles. The van der Waals surface area contributed by atoms with Gasteiger partial charge in [-0.25, -0.2) is 0 Å². The largest absolute Gasteiger partial charge is 0.369 e. The Hall–Kier alpha value is -0.0800. The average Bonchev–Trinajstić information content (AvgIpc) is 3.05. The van der Waals surface area contributed by atoms with E-state index in [4.69, 9.17) is 4.74 Å². The van der Waals surface area contributed by atoms with Gasteiger partial charge >= 0.3 is 0 Å². The smallest absolute Gasteiger partial charge is 0.0677 e. The van der Waals surface area contributed by atoms with Crippen LogP contribution < -0.4 is 5.32 Å². The van der Waals surface area contributed by atoms with Gasteiger partial charge in [-0.1, -0.05) is 19.8 Å². The standard InChI is InChI=1S/C19H35NO/c1-6-11-20-17(16-13-9-7-8-10-14(13)16)15-12-18(2,3)21-19(15,4)5/h13-17,20H,6-12H2,1-5H3. The summed E-state index contributed by atoms with van der Waals surface area (Å²) >= 11 is 0. The molecule has 0 bridgehead atoms. The first-order chi connectivity index (χ1) is 9.86. The van der Waals surface area contributed by atoms with Crippen molar-refractivity contribution in [2.24, 2.45) is 23.7 Å². The van der Waals surface area contributed by atoms with Crippen molar-refractivity contribution < 1.29 is 4.74 Å². The molecule has 0 aromatic heterocycles. The summed E-state index contributed by atoms with van der Waals surface area (Å²) in [6.07, 6.45) is 8.34. The van der Waals surface area contributed by atoms with Crippen LogP contribution in [0.3, 0.4) is 0 Å². The number of nitrogens with one attached hydrogen (secondary N) is 1. The molecule has 0 aromatic rings. The predicted molar refractivity (Wildman–Crippen MR) is 88.4 cm³/mol. The molecule has 1 aliphatic heterocycles. The van der Waals surface area contributed by atoms with Crippen LogP contribution in [0, 0.1) is 23.7 Å². The van der Waals surface area contributed by atoms with Gasteiger partial charge in [-0.3, -0.25) is 0 Å². The molecule has 1 saturated heterocycles. The molecule has 21 heavy (non-hydrogen) atoms. The Morgan fingerprint density at radius 2 is 1.71 bits per heavy atom. The van der Waals surface area contributed by atoms with Gasteiger partial charge in [-0.15, -0.1) is 0 Å². The third-order valence-electron chi connectivity index (χ3n) is 6.34. The minimum Gasteiger partial charge on any atom is -0.369 e. The molecule has 122 valence electrons. The summed E-state index contributed by atoms with van der Waals surface area (Å²) in [7, 11) is 0. The SMILES string of the molecule is CCCNC(C1C2CCCCC21)C1CC(C)(C)OC1(C)C. The van der Waals surface area contributed by atoms with Crippen molar-refractivity contribution in [3.8, 4) is 0 Å². The minimum absolute atomic E-state index is 0.0145. The summed E-state index contributed by atoms with van der Waals surface area (Å²) in [6.45, 7) is 12.6. The van der Waals surface area contributed by atoms with Crippen LogP contribution in [-0.2, 0) is 4.74 Å². The number of fused-ring (bicyclic) bond motifs is 1. The van der Waals surface area contributed by atoms with E-state index in [1.807, 2.05) is 0 Å². The number of hydrogen-bond acceptors (Lipinski definition) is 2. The van der Waals surface area contributed by atoms with Crippen LogP contribution >= 0.6 is 0 Å². The van der Waals surface area contributed by atoms with Crippen molar-refractivity contribution in [3.05, 3.63) is 0 Å². The van der Waals surface area contributed by atoms with E-state index in [0.717, 1.165) is 24.3 Å². The van der Waals surface area contributed by atoms with Gasteiger partial charge in [-0.2, -0.15) is 0 Å². The van der Waals surface area contributed by atoms with Crippen LogP contribution in [0.15, 0.2) is 0 Å². The van der Waals surface area contributed by atoms with Crippen LogP contribution in [0.1, 0.15) is 73.1 Å². The molecule has 2 nitrogen and oxygen atoms in total. The highest BCUT2D eigenvalue weighted by atomic mass is 16.5. The summed E-state index contributed by atoms with van der Waals surface area (Å²) < 4.78 is 6.40. The second kappa shape index (κ2) is 5.53. The molecular weight excluding hydrogens is 258 g/mol. The van der Waals surface area contributed by atoms with Crippen molar-refractivity contribution in [1.82, 2.24) is 5.32 Å². The van der Waals surface area contributed by atoms with Crippen molar-refractivity contribution in [2.75, 3.05) is 6.54 Å². The van der Waals surface area contributed by atoms with E-state index in [2.05, 4.69) is 39.9 Å². The molecule has 0 radical (unpaired) electrons. The number of hydrogen-bond donors (Lipinski definition) is 1. The maximum absolute atomic E-state index is 6.40. The molecule has 0 spiro atoms. The van der Waals surface area contributed by atoms with E-state index in [0.29, 0.717) is 12.0 Å². The van der Waals surface area contributed by atoms with E-state index in [9.17, 15) is 0 Å². The monoisotopic (exact) mass is 293 g/mol. The van der Waals surface area contributed by atoms with Crippen LogP contribution in [0.5, 0.6) is 0 Å². The Kier molecular flexibility index (Phi) is 4.16. The molecule has 2 heteroatoms. The van der Waals surface area contributed by atoms with Crippen molar-refractivity contribution in [3.63, 3.8) is 0 Å². The van der Waals surface area contributed by atoms with E-state index in [-0.39, 0.29) is 11.2 Å². The van der Waals surface area contributed by atoms with E-state index in [1.54, 1.807) is 0 Å². The topological polar surface area (TPSA) is 21.3 Å². The zero-order chi connectivity index (χ0) is 15.3. The Balaban J connectivity index is 1.76. The van der Waals surface area contributed by atoms with Crippen LogP contribution in [-0.4, -0.2) is 23.8 Å². The van der Waals surface area contributed by atoms with Gasteiger partial charge in [0.15, 0.2) is 0 Å². The molecule has 1 N–H and O–H groups in total. The first-order valence-corrected chi connectivity index (χ1v) is 9.29. The van der Waals surface area contributed by atoms with Crippen molar-refractivity contribution in [1.29, 1.82) is 0 Å². The molecule has 0 amide bonds. The number of ether oxygens (including phenoxy) is 1. The lowest BCUT2D eigenvalue weighted by molar-refractivity contribution is -0.0786. The predicted octanol–water partition coefficient (Wildman–Crippen LogP) is 4.38. The van der Waals surface area contributed by atoms with Gasteiger partial charge in [-0.05, 0) is 77.7 Å². The lowest BCUT2D eigenvalue weighted by atomic mass is 9.79. The third kappa shape index (κ3) is 3.03. The molecule has 3 fully saturated rings. The fourth-order valence-electron chi connectivity index (χ4n) is 5.60. The van der Waals surface area contributed by atoms with E-state index in [1.165, 1.54) is 38.5 Å². The van der Waals surface area contributed by atoms with Crippen LogP contribution in [0.2, 0.25) is 0 Å². The van der Waals surface area contributed by atoms with Gasteiger partial charge in [0.25, 0.3) is 0 Å². The molecular formula is C19H35NO. The molecule has 4 unspecified atom stereocenters. The fraction of sp³-hybridized carbons (Fsp3) is 1.00. The fourth-order valence-corrected chi connectivity index (χ4v) is 5.60.